The molecule has 0 aromatic carbocycles. The van der Waals surface area contributed by atoms with Gasteiger partial charge in [-0.05, 0) is 40.3 Å². The van der Waals surface area contributed by atoms with Crippen LogP contribution in [0.5, 0.6) is 0 Å². The van der Waals surface area contributed by atoms with Crippen molar-refractivity contribution >= 4 is 11.8 Å². The van der Waals surface area contributed by atoms with Crippen molar-refractivity contribution in [2.24, 2.45) is 5.92 Å². The molecule has 0 aromatic heterocycles. The van der Waals surface area contributed by atoms with E-state index >= 15 is 0 Å². The second-order valence-corrected chi connectivity index (χ2v) is 4.88. The van der Waals surface area contributed by atoms with Gasteiger partial charge in [-0.3, -0.25) is 14.5 Å². The monoisotopic (exact) mass is 255 g/mol. The highest BCUT2D eigenvalue weighted by Crippen LogP contribution is 2.20. The van der Waals surface area contributed by atoms with Crippen LogP contribution in [0.1, 0.15) is 34.1 Å². The number of allylic oxidation sites excluding steroid dienone is 2. The second kappa shape index (κ2) is 8.03. The normalized spacial score (nSPS) is 16.6. The molecule has 0 aliphatic heterocycles. The van der Waals surface area contributed by atoms with Crippen LogP contribution >= 0.6 is 0 Å². The van der Waals surface area contributed by atoms with Crippen LogP contribution in [0, 0.1) is 5.92 Å². The smallest absolute Gasteiger partial charge is 0.302 e. The van der Waals surface area contributed by atoms with Crippen molar-refractivity contribution in [1.29, 1.82) is 0 Å². The van der Waals surface area contributed by atoms with Crippen molar-refractivity contribution in [1.82, 2.24) is 4.90 Å². The summed E-state index contributed by atoms with van der Waals surface area (Å²) < 4.78 is 5.36. The summed E-state index contributed by atoms with van der Waals surface area (Å²) in [4.78, 5) is 24.8. The largest absolute Gasteiger partial charge is 0.460 e. The molecule has 1 unspecified atom stereocenters. The Balaban J connectivity index is 5.04. The van der Waals surface area contributed by atoms with Gasteiger partial charge in [-0.1, -0.05) is 19.1 Å². The fourth-order valence-electron chi connectivity index (χ4n) is 2.06. The van der Waals surface area contributed by atoms with Gasteiger partial charge in [0.05, 0.1) is 0 Å². The highest BCUT2D eigenvalue weighted by molar-refractivity contribution is 5.82. The number of hydrogen-bond donors (Lipinski definition) is 0. The van der Waals surface area contributed by atoms with E-state index < -0.39 is 12.1 Å². The molecule has 18 heavy (non-hydrogen) atoms. The third kappa shape index (κ3) is 5.45. The maximum atomic E-state index is 11.7. The summed E-state index contributed by atoms with van der Waals surface area (Å²) in [6.07, 6.45) is 4.35. The Bertz CT molecular complexity index is 310. The second-order valence-electron chi connectivity index (χ2n) is 4.88. The molecule has 0 radical (unpaired) electrons. The van der Waals surface area contributed by atoms with E-state index in [4.69, 9.17) is 4.74 Å². The Kier molecular flexibility index (Phi) is 7.51. The zero-order valence-electron chi connectivity index (χ0n) is 12.3. The lowest BCUT2D eigenvalue weighted by Crippen LogP contribution is -2.49. The van der Waals surface area contributed by atoms with E-state index in [1.165, 1.54) is 13.8 Å². The van der Waals surface area contributed by atoms with Gasteiger partial charge in [0.1, 0.15) is 12.1 Å². The lowest BCUT2D eigenvalue weighted by molar-refractivity contribution is -0.154. The minimum Gasteiger partial charge on any atom is -0.460 e. The van der Waals surface area contributed by atoms with Crippen molar-refractivity contribution in [3.63, 3.8) is 0 Å². The van der Waals surface area contributed by atoms with Gasteiger partial charge in [0.25, 0.3) is 0 Å². The van der Waals surface area contributed by atoms with E-state index in [1.54, 1.807) is 0 Å². The zero-order chi connectivity index (χ0) is 14.3. The first-order chi connectivity index (χ1) is 8.31. The molecule has 0 fully saturated rings. The average molecular weight is 255 g/mol. The predicted octanol–water partition coefficient (Wildman–Crippen LogP) is 2.04. The van der Waals surface area contributed by atoms with Crippen molar-refractivity contribution < 1.29 is 14.3 Å². The molecular weight excluding hydrogens is 230 g/mol. The van der Waals surface area contributed by atoms with Gasteiger partial charge >= 0.3 is 5.97 Å². The van der Waals surface area contributed by atoms with Gasteiger partial charge in [-0.15, -0.1) is 0 Å². The van der Waals surface area contributed by atoms with Gasteiger partial charge in [-0.2, -0.15) is 0 Å². The van der Waals surface area contributed by atoms with Crippen molar-refractivity contribution in [2.45, 2.75) is 46.3 Å². The summed E-state index contributed by atoms with van der Waals surface area (Å²) in [5.41, 5.74) is 0. The maximum Gasteiger partial charge on any atom is 0.302 e. The molecule has 0 aliphatic rings. The summed E-state index contributed by atoms with van der Waals surface area (Å²) in [7, 11) is 3.65. The number of carbonyl (C=O) groups is 2. The van der Waals surface area contributed by atoms with Crippen LogP contribution in [0.25, 0.3) is 0 Å². The Morgan fingerprint density at radius 3 is 2.17 bits per heavy atom. The third-order valence-electron chi connectivity index (χ3n) is 2.89. The SMILES string of the molecule is CC=CC[C@@H](C)C(OC(C)=O)[C@@H](C(C)=O)N(C)C. The molecule has 0 aromatic rings. The molecule has 4 heteroatoms. The molecule has 0 heterocycles. The summed E-state index contributed by atoms with van der Waals surface area (Å²) in [5, 5.41) is 0. The molecule has 0 rings (SSSR count). The number of esters is 1. The first-order valence-electron chi connectivity index (χ1n) is 6.26. The number of hydrogen-bond acceptors (Lipinski definition) is 4. The first kappa shape index (κ1) is 16.8. The summed E-state index contributed by atoms with van der Waals surface area (Å²) in [5.74, 6) is -0.236. The van der Waals surface area contributed by atoms with E-state index in [1.807, 2.05) is 45.0 Å². The molecule has 0 N–H and O–H groups in total. The Hall–Kier alpha value is -1.16. The number of rotatable bonds is 7. The van der Waals surface area contributed by atoms with Crippen molar-refractivity contribution in [3.8, 4) is 0 Å². The standard InChI is InChI=1S/C14H25NO3/c1-7-8-9-10(2)14(18-12(4)17)13(11(3)16)15(5)6/h7-8,10,13-14H,9H2,1-6H3/t10-,13-,14?/m1/s1. The predicted molar refractivity (Wildman–Crippen MR) is 72.3 cm³/mol. The fraction of sp³-hybridized carbons (Fsp3) is 0.714. The minimum atomic E-state index is -0.411. The third-order valence-corrected chi connectivity index (χ3v) is 2.89. The van der Waals surface area contributed by atoms with E-state index in [-0.39, 0.29) is 17.7 Å². The number of nitrogens with zero attached hydrogens (tertiary/aromatic N) is 1. The van der Waals surface area contributed by atoms with Crippen LogP contribution in [-0.4, -0.2) is 42.9 Å². The quantitative estimate of drug-likeness (QED) is 0.516. The Morgan fingerprint density at radius 1 is 1.28 bits per heavy atom. The summed E-state index contributed by atoms with van der Waals surface area (Å²) in [6, 6.07) is -0.394. The Morgan fingerprint density at radius 2 is 1.83 bits per heavy atom. The van der Waals surface area contributed by atoms with Crippen molar-refractivity contribution in [3.05, 3.63) is 12.2 Å². The molecule has 3 atom stereocenters. The molecule has 0 amide bonds. The van der Waals surface area contributed by atoms with Crippen LogP contribution in [-0.2, 0) is 14.3 Å². The Labute approximate surface area is 110 Å². The van der Waals surface area contributed by atoms with Gasteiger partial charge in [-0.25, -0.2) is 0 Å². The van der Waals surface area contributed by atoms with Crippen LogP contribution < -0.4 is 0 Å². The topological polar surface area (TPSA) is 46.6 Å². The number of ketones is 1. The van der Waals surface area contributed by atoms with E-state index in [0.29, 0.717) is 0 Å². The average Bonchev–Trinajstić information content (AvgIpc) is 2.23. The van der Waals surface area contributed by atoms with Gasteiger partial charge in [0.15, 0.2) is 5.78 Å². The van der Waals surface area contributed by atoms with E-state index in [0.717, 1.165) is 6.42 Å². The van der Waals surface area contributed by atoms with Crippen molar-refractivity contribution in [2.75, 3.05) is 14.1 Å². The van der Waals surface area contributed by atoms with Crippen LogP contribution in [0.3, 0.4) is 0 Å². The lowest BCUT2D eigenvalue weighted by Gasteiger charge is -2.33. The lowest BCUT2D eigenvalue weighted by atomic mass is 9.91. The van der Waals surface area contributed by atoms with E-state index in [2.05, 4.69) is 0 Å². The van der Waals surface area contributed by atoms with Crippen LogP contribution in [0.2, 0.25) is 0 Å². The fourth-order valence-corrected chi connectivity index (χ4v) is 2.06. The number of ether oxygens (including phenoxy) is 1. The highest BCUT2D eigenvalue weighted by Gasteiger charge is 2.33. The van der Waals surface area contributed by atoms with Crippen LogP contribution in [0.15, 0.2) is 12.2 Å². The van der Waals surface area contributed by atoms with Gasteiger partial charge < -0.3 is 4.74 Å². The molecule has 0 bridgehead atoms. The van der Waals surface area contributed by atoms with E-state index in [9.17, 15) is 9.59 Å². The molecule has 4 nitrogen and oxygen atoms in total. The number of likely N-dealkylation sites (N-methyl/N-ethyl adjacent to an activating group) is 1. The first-order valence-corrected chi connectivity index (χ1v) is 6.26. The molecular formula is C14H25NO3. The molecule has 104 valence electrons. The molecule has 0 saturated carbocycles. The number of Topliss-reactive ketones (excluding diaryl/α,β-unsaturated/α-hetero) is 1. The minimum absolute atomic E-state index is 0.0126. The van der Waals surface area contributed by atoms with Gasteiger partial charge in [0.2, 0.25) is 0 Å². The van der Waals surface area contributed by atoms with Gasteiger partial charge in [0, 0.05) is 6.92 Å². The maximum absolute atomic E-state index is 11.7. The van der Waals surface area contributed by atoms with Crippen LogP contribution in [0.4, 0.5) is 0 Å². The molecule has 0 aliphatic carbocycles. The summed E-state index contributed by atoms with van der Waals surface area (Å²) in [6.45, 7) is 6.85. The highest BCUT2D eigenvalue weighted by atomic mass is 16.5. The molecule has 0 spiro atoms. The zero-order valence-corrected chi connectivity index (χ0v) is 12.3. The summed E-state index contributed by atoms with van der Waals surface area (Å²) >= 11 is 0. The molecule has 0 saturated heterocycles. The number of carbonyl (C=O) groups excluding carboxylic acids is 2.